The highest BCUT2D eigenvalue weighted by Crippen LogP contribution is 2.40. The van der Waals surface area contributed by atoms with Gasteiger partial charge in [0.15, 0.2) is 5.65 Å². The molecule has 0 spiro atoms. The zero-order chi connectivity index (χ0) is 24.0. The first-order valence-corrected chi connectivity index (χ1v) is 12.0. The molecule has 1 saturated carbocycles. The van der Waals surface area contributed by atoms with Crippen molar-refractivity contribution in [1.82, 2.24) is 19.5 Å². The maximum Gasteiger partial charge on any atom is 0.256 e. The van der Waals surface area contributed by atoms with E-state index < -0.39 is 5.92 Å². The summed E-state index contributed by atoms with van der Waals surface area (Å²) in [6.45, 7) is 6.25. The van der Waals surface area contributed by atoms with Crippen LogP contribution in [0.2, 0.25) is 0 Å². The van der Waals surface area contributed by atoms with Gasteiger partial charge < -0.3 is 4.74 Å². The molecule has 1 aliphatic carbocycles. The summed E-state index contributed by atoms with van der Waals surface area (Å²) in [6.07, 6.45) is 3.14. The fourth-order valence-corrected chi connectivity index (χ4v) is 5.32. The fraction of sp³-hybridized carbons (Fsp3) is 0.538. The number of hydrogen-bond acceptors (Lipinski definition) is 5. The van der Waals surface area contributed by atoms with Crippen LogP contribution in [0, 0.1) is 20.8 Å². The lowest BCUT2D eigenvalue weighted by molar-refractivity contribution is -0.0439. The Morgan fingerprint density at radius 3 is 2.53 bits per heavy atom. The van der Waals surface area contributed by atoms with Crippen molar-refractivity contribution >= 4 is 11.2 Å². The highest BCUT2D eigenvalue weighted by Gasteiger charge is 2.37. The van der Waals surface area contributed by atoms with Crippen molar-refractivity contribution in [3.05, 3.63) is 63.0 Å². The van der Waals surface area contributed by atoms with E-state index in [1.807, 2.05) is 39.0 Å². The third-order valence-electron chi connectivity index (χ3n) is 7.37. The summed E-state index contributed by atoms with van der Waals surface area (Å²) >= 11 is 0. The first-order valence-electron chi connectivity index (χ1n) is 12.0. The lowest BCUT2D eigenvalue weighted by atomic mass is 9.86. The number of halogens is 2. The second kappa shape index (κ2) is 8.80. The molecule has 2 atom stereocenters. The zero-order valence-corrected chi connectivity index (χ0v) is 19.9. The summed E-state index contributed by atoms with van der Waals surface area (Å²) in [7, 11) is 0. The molecule has 0 N–H and O–H groups in total. The second-order valence-corrected chi connectivity index (χ2v) is 9.78. The van der Waals surface area contributed by atoms with Crippen LogP contribution in [0.4, 0.5) is 8.78 Å². The van der Waals surface area contributed by atoms with Gasteiger partial charge in [0, 0.05) is 42.9 Å². The number of aromatic nitrogens is 4. The first-order chi connectivity index (χ1) is 16.2. The molecular weight excluding hydrogens is 438 g/mol. The second-order valence-electron chi connectivity index (χ2n) is 9.78. The van der Waals surface area contributed by atoms with E-state index >= 15 is 0 Å². The Morgan fingerprint density at radius 2 is 1.79 bits per heavy atom. The van der Waals surface area contributed by atoms with Gasteiger partial charge in [0.2, 0.25) is 5.92 Å². The summed E-state index contributed by atoms with van der Waals surface area (Å²) in [4.78, 5) is 27.6. The third-order valence-corrected chi connectivity index (χ3v) is 7.37. The van der Waals surface area contributed by atoms with Gasteiger partial charge in [0.1, 0.15) is 5.52 Å². The van der Waals surface area contributed by atoms with E-state index in [0.717, 1.165) is 29.1 Å². The summed E-state index contributed by atoms with van der Waals surface area (Å²) in [5.41, 5.74) is 5.23. The van der Waals surface area contributed by atoms with Gasteiger partial charge in [-0.25, -0.2) is 18.7 Å². The number of hydrogen-bond donors (Lipinski definition) is 0. The Kier molecular flexibility index (Phi) is 5.96. The van der Waals surface area contributed by atoms with Crippen LogP contribution in [0.1, 0.15) is 84.8 Å². The summed E-state index contributed by atoms with van der Waals surface area (Å²) < 4.78 is 35.5. The molecule has 5 rings (SSSR count). The van der Waals surface area contributed by atoms with Crippen molar-refractivity contribution in [2.75, 3.05) is 6.61 Å². The summed E-state index contributed by atoms with van der Waals surface area (Å²) in [5, 5.41) is 0. The van der Waals surface area contributed by atoms with Crippen molar-refractivity contribution in [2.45, 2.75) is 83.3 Å². The Balaban J connectivity index is 1.58. The van der Waals surface area contributed by atoms with E-state index in [0.29, 0.717) is 29.8 Å². The van der Waals surface area contributed by atoms with Crippen molar-refractivity contribution in [3.8, 4) is 0 Å². The molecule has 2 aliphatic rings. The van der Waals surface area contributed by atoms with E-state index in [4.69, 9.17) is 9.72 Å². The van der Waals surface area contributed by atoms with E-state index in [9.17, 15) is 13.6 Å². The van der Waals surface area contributed by atoms with E-state index in [2.05, 4.69) is 9.97 Å². The van der Waals surface area contributed by atoms with E-state index in [1.54, 1.807) is 10.8 Å². The fourth-order valence-electron chi connectivity index (χ4n) is 5.32. The lowest BCUT2D eigenvalue weighted by Crippen LogP contribution is -2.35. The molecule has 34 heavy (non-hydrogen) atoms. The van der Waals surface area contributed by atoms with Gasteiger partial charge in [-0.05, 0) is 76.1 Å². The minimum atomic E-state index is -2.66. The molecule has 8 heteroatoms. The molecule has 2 unspecified atom stereocenters. The topological polar surface area (TPSA) is 69.9 Å². The number of pyridine rings is 2. The Morgan fingerprint density at radius 1 is 1.06 bits per heavy atom. The van der Waals surface area contributed by atoms with Crippen molar-refractivity contribution in [3.63, 3.8) is 0 Å². The molecule has 0 radical (unpaired) electrons. The predicted molar refractivity (Wildman–Crippen MR) is 125 cm³/mol. The van der Waals surface area contributed by atoms with Crippen LogP contribution >= 0.6 is 0 Å². The average molecular weight is 469 g/mol. The van der Waals surface area contributed by atoms with Crippen LogP contribution in [-0.2, 0) is 4.74 Å². The van der Waals surface area contributed by atoms with Crippen molar-refractivity contribution < 1.29 is 13.5 Å². The number of aryl methyl sites for hydroxylation is 3. The van der Waals surface area contributed by atoms with Gasteiger partial charge in [-0.1, -0.05) is 0 Å². The standard InChI is InChI=1S/C26H30F2N4O2/c1-15-12-19(6-10-29-15)23-13-18(7-11-34-23)21-14-22-24(31-17(3)16(2)30-22)32(25(21)33)20-4-8-26(27,28)9-5-20/h6,10,12,14,18,20,23H,4-5,7-9,11,13H2,1-3H3. The molecule has 3 aromatic rings. The van der Waals surface area contributed by atoms with Gasteiger partial charge >= 0.3 is 0 Å². The Bertz CT molecular complexity index is 1280. The Labute approximate surface area is 197 Å². The minimum Gasteiger partial charge on any atom is -0.373 e. The molecule has 6 nitrogen and oxygen atoms in total. The van der Waals surface area contributed by atoms with Gasteiger partial charge in [0.05, 0.1) is 17.5 Å². The summed E-state index contributed by atoms with van der Waals surface area (Å²) in [5.74, 6) is -2.67. The molecule has 0 aromatic carbocycles. The molecule has 0 amide bonds. The van der Waals surface area contributed by atoms with Crippen LogP contribution in [0.15, 0.2) is 29.2 Å². The number of rotatable bonds is 3. The molecule has 2 fully saturated rings. The maximum atomic E-state index is 13.9. The van der Waals surface area contributed by atoms with Gasteiger partial charge in [-0.3, -0.25) is 14.3 Å². The third kappa shape index (κ3) is 4.35. The molecule has 1 saturated heterocycles. The zero-order valence-electron chi connectivity index (χ0n) is 19.9. The van der Waals surface area contributed by atoms with Crippen LogP contribution < -0.4 is 5.56 Å². The minimum absolute atomic E-state index is 0.0104. The van der Waals surface area contributed by atoms with Crippen LogP contribution in [-0.4, -0.2) is 32.0 Å². The molecule has 0 bridgehead atoms. The quantitative estimate of drug-likeness (QED) is 0.508. The van der Waals surface area contributed by atoms with Gasteiger partial charge in [0.25, 0.3) is 5.56 Å². The van der Waals surface area contributed by atoms with Crippen LogP contribution in [0.5, 0.6) is 0 Å². The molecule has 4 heterocycles. The first kappa shape index (κ1) is 23.0. The van der Waals surface area contributed by atoms with Crippen molar-refractivity contribution in [1.29, 1.82) is 0 Å². The number of nitrogens with zero attached hydrogens (tertiary/aromatic N) is 4. The normalized spacial score (nSPS) is 23.3. The monoisotopic (exact) mass is 468 g/mol. The largest absolute Gasteiger partial charge is 0.373 e. The SMILES string of the molecule is Cc1cc(C2CC(c3cc4nc(C)c(C)nc4n(C4CCC(F)(F)CC4)c3=O)CCO2)ccn1. The molecule has 180 valence electrons. The number of fused-ring (bicyclic) bond motifs is 1. The van der Waals surface area contributed by atoms with Crippen LogP contribution in [0.25, 0.3) is 11.2 Å². The van der Waals surface area contributed by atoms with Gasteiger partial charge in [-0.2, -0.15) is 0 Å². The molecule has 3 aromatic heterocycles. The summed E-state index contributed by atoms with van der Waals surface area (Å²) in [6, 6.07) is 5.55. The highest BCUT2D eigenvalue weighted by atomic mass is 19.3. The number of alkyl halides is 2. The number of ether oxygens (including phenoxy) is 1. The van der Waals surface area contributed by atoms with Crippen LogP contribution in [0.3, 0.4) is 0 Å². The molecular formula is C26H30F2N4O2. The smallest absolute Gasteiger partial charge is 0.256 e. The highest BCUT2D eigenvalue weighted by molar-refractivity contribution is 5.72. The van der Waals surface area contributed by atoms with Gasteiger partial charge in [-0.15, -0.1) is 0 Å². The Hall–Kier alpha value is -2.74. The van der Waals surface area contributed by atoms with E-state index in [-0.39, 0.29) is 49.3 Å². The molecule has 1 aliphatic heterocycles. The predicted octanol–water partition coefficient (Wildman–Crippen LogP) is 5.50. The lowest BCUT2D eigenvalue weighted by Gasteiger charge is -2.32. The van der Waals surface area contributed by atoms with E-state index in [1.165, 1.54) is 0 Å². The van der Waals surface area contributed by atoms with Crippen molar-refractivity contribution in [2.24, 2.45) is 0 Å². The maximum absolute atomic E-state index is 13.9. The average Bonchev–Trinajstić information content (AvgIpc) is 2.81.